The molecule has 2 aliphatic heterocycles. The summed E-state index contributed by atoms with van der Waals surface area (Å²) in [6, 6.07) is 0. The van der Waals surface area contributed by atoms with Gasteiger partial charge in [0.2, 0.25) is 0 Å². The predicted octanol–water partition coefficient (Wildman–Crippen LogP) is 0.420. The molecule has 5 nitrogen and oxygen atoms in total. The highest BCUT2D eigenvalue weighted by atomic mass is 16.5. The van der Waals surface area contributed by atoms with Gasteiger partial charge in [0.05, 0.1) is 0 Å². The van der Waals surface area contributed by atoms with Crippen LogP contribution < -0.4 is 5.73 Å². The van der Waals surface area contributed by atoms with E-state index in [0.717, 1.165) is 12.8 Å². The molecule has 0 saturated carbocycles. The highest BCUT2D eigenvalue weighted by Crippen LogP contribution is 2.29. The molecule has 0 aromatic rings. The zero-order valence-corrected chi connectivity index (χ0v) is 10.4. The predicted molar refractivity (Wildman–Crippen MR) is 62.1 cm³/mol. The van der Waals surface area contributed by atoms with Crippen LogP contribution in [0.25, 0.3) is 0 Å². The van der Waals surface area contributed by atoms with Crippen molar-refractivity contribution < 1.29 is 14.3 Å². The third-order valence-corrected chi connectivity index (χ3v) is 3.98. The number of rotatable bonds is 4. The second kappa shape index (κ2) is 4.38. The Balaban J connectivity index is 2.15. The van der Waals surface area contributed by atoms with Crippen molar-refractivity contribution in [2.24, 2.45) is 5.73 Å². The van der Waals surface area contributed by atoms with Gasteiger partial charge in [-0.3, -0.25) is 14.5 Å². The van der Waals surface area contributed by atoms with E-state index >= 15 is 0 Å². The Morgan fingerprint density at radius 3 is 2.12 bits per heavy atom. The van der Waals surface area contributed by atoms with Gasteiger partial charge < -0.3 is 10.5 Å². The van der Waals surface area contributed by atoms with Gasteiger partial charge in [-0.1, -0.05) is 13.8 Å². The average Bonchev–Trinajstić information content (AvgIpc) is 2.79. The van der Waals surface area contributed by atoms with Crippen molar-refractivity contribution in [3.05, 3.63) is 0 Å². The lowest BCUT2D eigenvalue weighted by Crippen LogP contribution is -2.59. The number of carbonyl (C=O) groups excluding carboxylic acids is 2. The molecule has 0 spiro atoms. The lowest BCUT2D eigenvalue weighted by atomic mass is 9.93. The summed E-state index contributed by atoms with van der Waals surface area (Å²) < 4.78 is 5.35. The zero-order valence-electron chi connectivity index (χ0n) is 10.4. The third kappa shape index (κ3) is 2.09. The third-order valence-electron chi connectivity index (χ3n) is 3.98. The Hall–Kier alpha value is -0.940. The number of hydrogen-bond acceptors (Lipinski definition) is 4. The van der Waals surface area contributed by atoms with E-state index in [0.29, 0.717) is 19.4 Å². The van der Waals surface area contributed by atoms with Crippen LogP contribution in [-0.4, -0.2) is 41.0 Å². The molecular formula is C12H20N2O3. The number of imide groups is 1. The average molecular weight is 240 g/mol. The first-order valence-corrected chi connectivity index (χ1v) is 6.30. The van der Waals surface area contributed by atoms with Gasteiger partial charge in [-0.2, -0.15) is 0 Å². The van der Waals surface area contributed by atoms with Gasteiger partial charge in [0, 0.05) is 12.1 Å². The van der Waals surface area contributed by atoms with Crippen LogP contribution >= 0.6 is 0 Å². The Kier molecular flexibility index (Phi) is 3.23. The van der Waals surface area contributed by atoms with Gasteiger partial charge in [0.15, 0.2) is 0 Å². The number of morpholine rings is 1. The van der Waals surface area contributed by atoms with Gasteiger partial charge in [-0.05, 0) is 25.7 Å². The minimum absolute atomic E-state index is 0.208. The molecule has 2 saturated heterocycles. The van der Waals surface area contributed by atoms with Crippen LogP contribution in [0.15, 0.2) is 0 Å². The Morgan fingerprint density at radius 2 is 1.71 bits per heavy atom. The summed E-state index contributed by atoms with van der Waals surface area (Å²) in [6.07, 6.45) is 1.96. The maximum atomic E-state index is 12.0. The molecule has 0 radical (unpaired) electrons. The summed E-state index contributed by atoms with van der Waals surface area (Å²) in [6.45, 7) is 4.27. The molecule has 2 bridgehead atoms. The molecule has 0 aromatic heterocycles. The lowest BCUT2D eigenvalue weighted by molar-refractivity contribution is -0.169. The fourth-order valence-electron chi connectivity index (χ4n) is 2.40. The number of nitrogens with zero attached hydrogens (tertiary/aromatic N) is 1. The molecule has 0 aromatic carbocycles. The van der Waals surface area contributed by atoms with E-state index in [-0.39, 0.29) is 11.8 Å². The topological polar surface area (TPSA) is 72.6 Å². The molecule has 2 heterocycles. The first-order chi connectivity index (χ1) is 8.00. The summed E-state index contributed by atoms with van der Waals surface area (Å²) in [5.41, 5.74) is 5.71. The molecule has 0 aliphatic carbocycles. The molecule has 2 aliphatic rings. The Labute approximate surface area is 101 Å². The molecular weight excluding hydrogens is 220 g/mol. The summed E-state index contributed by atoms with van der Waals surface area (Å²) in [5.74, 6) is -0.416. The van der Waals surface area contributed by atoms with Crippen LogP contribution in [0.3, 0.4) is 0 Å². The first kappa shape index (κ1) is 12.5. The molecule has 17 heavy (non-hydrogen) atoms. The normalized spacial score (nSPS) is 29.0. The maximum absolute atomic E-state index is 12.0. The molecule has 5 heteroatoms. The quantitative estimate of drug-likeness (QED) is 0.723. The van der Waals surface area contributed by atoms with Gasteiger partial charge in [0.25, 0.3) is 11.8 Å². The second-order valence-corrected chi connectivity index (χ2v) is 5.02. The number of fused-ring (bicyclic) bond motifs is 2. The molecule has 2 N–H and O–H groups in total. The molecule has 2 amide bonds. The van der Waals surface area contributed by atoms with Crippen molar-refractivity contribution in [3.8, 4) is 0 Å². The molecule has 2 unspecified atom stereocenters. The van der Waals surface area contributed by atoms with E-state index in [1.165, 1.54) is 4.90 Å². The second-order valence-electron chi connectivity index (χ2n) is 5.02. The largest absolute Gasteiger partial charge is 0.355 e. The van der Waals surface area contributed by atoms with Gasteiger partial charge in [-0.25, -0.2) is 0 Å². The maximum Gasteiger partial charge on any atom is 0.258 e. The van der Waals surface area contributed by atoms with Crippen molar-refractivity contribution >= 4 is 11.8 Å². The van der Waals surface area contributed by atoms with Crippen LogP contribution in [0.2, 0.25) is 0 Å². The smallest absolute Gasteiger partial charge is 0.258 e. The SMILES string of the molecule is CCC(N)(CC)CN1C(=O)C2CCC(O2)C1=O. The van der Waals surface area contributed by atoms with Gasteiger partial charge >= 0.3 is 0 Å². The molecule has 2 atom stereocenters. The van der Waals surface area contributed by atoms with Gasteiger partial charge in [0.1, 0.15) is 12.2 Å². The highest BCUT2D eigenvalue weighted by molar-refractivity contribution is 6.02. The number of nitrogens with two attached hydrogens (primary N) is 1. The zero-order chi connectivity index (χ0) is 12.6. The van der Waals surface area contributed by atoms with Crippen molar-refractivity contribution in [1.82, 2.24) is 4.90 Å². The van der Waals surface area contributed by atoms with Crippen LogP contribution in [0, 0.1) is 0 Å². The molecule has 96 valence electrons. The fraction of sp³-hybridized carbons (Fsp3) is 0.833. The van der Waals surface area contributed by atoms with Gasteiger partial charge in [-0.15, -0.1) is 0 Å². The van der Waals surface area contributed by atoms with E-state index in [1.807, 2.05) is 13.8 Å². The van der Waals surface area contributed by atoms with Crippen LogP contribution in [-0.2, 0) is 14.3 Å². The van der Waals surface area contributed by atoms with Crippen LogP contribution in [0.5, 0.6) is 0 Å². The standard InChI is InChI=1S/C12H20N2O3/c1-3-12(13,4-2)7-14-10(15)8-5-6-9(17-8)11(14)16/h8-9H,3-7,13H2,1-2H3. The van der Waals surface area contributed by atoms with E-state index in [9.17, 15) is 9.59 Å². The Morgan fingerprint density at radius 1 is 1.24 bits per heavy atom. The first-order valence-electron chi connectivity index (χ1n) is 6.30. The van der Waals surface area contributed by atoms with E-state index in [4.69, 9.17) is 10.5 Å². The monoisotopic (exact) mass is 240 g/mol. The van der Waals surface area contributed by atoms with E-state index < -0.39 is 17.7 Å². The number of likely N-dealkylation sites (tertiary alicyclic amines) is 1. The number of hydrogen-bond donors (Lipinski definition) is 1. The number of amides is 2. The fourth-order valence-corrected chi connectivity index (χ4v) is 2.40. The van der Waals surface area contributed by atoms with Crippen molar-refractivity contribution in [3.63, 3.8) is 0 Å². The summed E-state index contributed by atoms with van der Waals surface area (Å²) in [4.78, 5) is 25.4. The summed E-state index contributed by atoms with van der Waals surface area (Å²) in [5, 5.41) is 0. The number of carbonyl (C=O) groups is 2. The highest BCUT2D eigenvalue weighted by Gasteiger charge is 2.47. The summed E-state index contributed by atoms with van der Waals surface area (Å²) >= 11 is 0. The molecule has 2 rings (SSSR count). The van der Waals surface area contributed by atoms with Crippen molar-refractivity contribution in [2.45, 2.75) is 57.3 Å². The minimum Gasteiger partial charge on any atom is -0.355 e. The lowest BCUT2D eigenvalue weighted by Gasteiger charge is -2.36. The van der Waals surface area contributed by atoms with Crippen molar-refractivity contribution in [1.29, 1.82) is 0 Å². The van der Waals surface area contributed by atoms with Crippen LogP contribution in [0.4, 0.5) is 0 Å². The summed E-state index contributed by atoms with van der Waals surface area (Å²) in [7, 11) is 0. The number of ether oxygens (including phenoxy) is 1. The van der Waals surface area contributed by atoms with E-state index in [2.05, 4.69) is 0 Å². The molecule has 2 fully saturated rings. The Bertz CT molecular complexity index is 317. The van der Waals surface area contributed by atoms with E-state index in [1.54, 1.807) is 0 Å². The van der Waals surface area contributed by atoms with Crippen molar-refractivity contribution in [2.75, 3.05) is 6.54 Å². The van der Waals surface area contributed by atoms with Crippen LogP contribution in [0.1, 0.15) is 39.5 Å². The minimum atomic E-state index is -0.470.